The average Bonchev–Trinajstić information content (AvgIpc) is 3.34. The SMILES string of the molecule is COc1ccc(N(C(=O)Cn2nnc3ccccc32)C(C(=O)NCCC(C)C)c2cccnc2)cc1OC. The van der Waals surface area contributed by atoms with Crippen molar-refractivity contribution in [2.24, 2.45) is 5.92 Å². The fraction of sp³-hybridized carbons (Fsp3) is 0.321. The van der Waals surface area contributed by atoms with Crippen LogP contribution in [0.5, 0.6) is 11.5 Å². The van der Waals surface area contributed by atoms with Crippen molar-refractivity contribution in [1.29, 1.82) is 0 Å². The van der Waals surface area contributed by atoms with Crippen molar-refractivity contribution < 1.29 is 19.1 Å². The number of anilines is 1. The van der Waals surface area contributed by atoms with E-state index >= 15 is 0 Å². The first kappa shape index (κ1) is 26.6. The molecular formula is C28H32N6O4. The van der Waals surface area contributed by atoms with Gasteiger partial charge in [-0.1, -0.05) is 37.3 Å². The molecule has 1 atom stereocenters. The molecule has 0 aliphatic rings. The summed E-state index contributed by atoms with van der Waals surface area (Å²) in [6, 6.07) is 15.0. The van der Waals surface area contributed by atoms with Crippen LogP contribution in [0.15, 0.2) is 67.0 Å². The quantitative estimate of drug-likeness (QED) is 0.323. The number of hydrogen-bond donors (Lipinski definition) is 1. The number of amides is 2. The summed E-state index contributed by atoms with van der Waals surface area (Å²) in [5.41, 5.74) is 2.42. The lowest BCUT2D eigenvalue weighted by atomic mass is 10.0. The first-order chi connectivity index (χ1) is 18.4. The van der Waals surface area contributed by atoms with E-state index in [1.807, 2.05) is 24.3 Å². The largest absolute Gasteiger partial charge is 0.493 e. The zero-order valence-electron chi connectivity index (χ0n) is 22.0. The van der Waals surface area contributed by atoms with E-state index in [1.165, 1.54) is 23.8 Å². The standard InChI is InChI=1S/C28H32N6O4/c1-19(2)13-15-30-28(36)27(20-8-7-14-29-17-20)34(21-11-12-24(37-3)25(16-21)38-4)26(35)18-33-23-10-6-5-9-22(23)31-32-33/h5-12,14,16-17,19,27H,13,15,18H2,1-4H3,(H,30,36). The molecule has 0 saturated heterocycles. The number of nitrogens with zero attached hydrogens (tertiary/aromatic N) is 5. The van der Waals surface area contributed by atoms with Crippen molar-refractivity contribution in [3.63, 3.8) is 0 Å². The second kappa shape index (κ2) is 12.2. The summed E-state index contributed by atoms with van der Waals surface area (Å²) in [6.07, 6.45) is 4.03. The van der Waals surface area contributed by atoms with Gasteiger partial charge in [0.25, 0.3) is 0 Å². The van der Waals surface area contributed by atoms with E-state index in [0.717, 1.165) is 6.42 Å². The zero-order valence-corrected chi connectivity index (χ0v) is 22.0. The first-order valence-electron chi connectivity index (χ1n) is 12.4. The van der Waals surface area contributed by atoms with Gasteiger partial charge in [-0.2, -0.15) is 0 Å². The molecule has 198 valence electrons. The number of nitrogens with one attached hydrogen (secondary N) is 1. The molecule has 0 spiro atoms. The van der Waals surface area contributed by atoms with Crippen molar-refractivity contribution in [3.8, 4) is 11.5 Å². The third-order valence-electron chi connectivity index (χ3n) is 6.15. The number of rotatable bonds is 11. The summed E-state index contributed by atoms with van der Waals surface area (Å²) in [5, 5.41) is 11.4. The topological polar surface area (TPSA) is 111 Å². The Hall–Kier alpha value is -4.47. The minimum atomic E-state index is -0.990. The van der Waals surface area contributed by atoms with Crippen molar-refractivity contribution in [2.45, 2.75) is 32.9 Å². The predicted octanol–water partition coefficient (Wildman–Crippen LogP) is 3.78. The number of hydrogen-bond acceptors (Lipinski definition) is 7. The maximum atomic E-state index is 14.1. The number of pyridine rings is 1. The number of aromatic nitrogens is 4. The number of methoxy groups -OCH3 is 2. The molecule has 2 heterocycles. The van der Waals surface area contributed by atoms with Gasteiger partial charge in [0.2, 0.25) is 11.8 Å². The molecule has 10 nitrogen and oxygen atoms in total. The second-order valence-corrected chi connectivity index (χ2v) is 9.20. The fourth-order valence-electron chi connectivity index (χ4n) is 4.19. The molecule has 0 bridgehead atoms. The maximum absolute atomic E-state index is 14.1. The van der Waals surface area contributed by atoms with Crippen LogP contribution in [-0.4, -0.2) is 52.6 Å². The van der Waals surface area contributed by atoms with Gasteiger partial charge >= 0.3 is 0 Å². The number of ether oxygens (including phenoxy) is 2. The van der Waals surface area contributed by atoms with E-state index in [0.29, 0.717) is 46.2 Å². The van der Waals surface area contributed by atoms with E-state index in [2.05, 4.69) is 34.5 Å². The minimum Gasteiger partial charge on any atom is -0.493 e. The Bertz CT molecular complexity index is 1390. The summed E-state index contributed by atoms with van der Waals surface area (Å²) in [5.74, 6) is 0.673. The molecule has 1 N–H and O–H groups in total. The van der Waals surface area contributed by atoms with E-state index in [-0.39, 0.29) is 18.4 Å². The van der Waals surface area contributed by atoms with Gasteiger partial charge in [-0.05, 0) is 42.7 Å². The lowest BCUT2D eigenvalue weighted by Gasteiger charge is -2.32. The summed E-state index contributed by atoms with van der Waals surface area (Å²) in [4.78, 5) is 33.5. The Morgan fingerprint density at radius 3 is 2.53 bits per heavy atom. The predicted molar refractivity (Wildman–Crippen MR) is 144 cm³/mol. The molecule has 2 amide bonds. The highest BCUT2D eigenvalue weighted by molar-refractivity contribution is 6.01. The van der Waals surface area contributed by atoms with E-state index in [9.17, 15) is 9.59 Å². The van der Waals surface area contributed by atoms with E-state index in [1.54, 1.807) is 42.7 Å². The second-order valence-electron chi connectivity index (χ2n) is 9.20. The smallest absolute Gasteiger partial charge is 0.249 e. The highest BCUT2D eigenvalue weighted by Gasteiger charge is 2.34. The van der Waals surface area contributed by atoms with Crippen LogP contribution in [0, 0.1) is 5.92 Å². The Morgan fingerprint density at radius 2 is 1.82 bits per heavy atom. The van der Waals surface area contributed by atoms with Gasteiger partial charge in [0, 0.05) is 36.3 Å². The van der Waals surface area contributed by atoms with Crippen LogP contribution < -0.4 is 19.7 Å². The van der Waals surface area contributed by atoms with Crippen LogP contribution in [0.2, 0.25) is 0 Å². The Morgan fingerprint density at radius 1 is 1.03 bits per heavy atom. The van der Waals surface area contributed by atoms with Gasteiger partial charge in [0.1, 0.15) is 18.1 Å². The third-order valence-corrected chi connectivity index (χ3v) is 6.15. The normalized spacial score (nSPS) is 11.8. The highest BCUT2D eigenvalue weighted by Crippen LogP contribution is 2.35. The zero-order chi connectivity index (χ0) is 27.1. The fourth-order valence-corrected chi connectivity index (χ4v) is 4.19. The molecule has 1 unspecified atom stereocenters. The van der Waals surface area contributed by atoms with Gasteiger partial charge < -0.3 is 14.8 Å². The Kier molecular flexibility index (Phi) is 8.52. The van der Waals surface area contributed by atoms with Crippen LogP contribution in [0.25, 0.3) is 11.0 Å². The van der Waals surface area contributed by atoms with E-state index < -0.39 is 6.04 Å². The molecule has 38 heavy (non-hydrogen) atoms. The summed E-state index contributed by atoms with van der Waals surface area (Å²) in [7, 11) is 3.06. The molecule has 10 heteroatoms. The average molecular weight is 517 g/mol. The van der Waals surface area contributed by atoms with Crippen LogP contribution in [0.3, 0.4) is 0 Å². The molecule has 0 radical (unpaired) electrons. The van der Waals surface area contributed by atoms with Crippen LogP contribution in [-0.2, 0) is 16.1 Å². The molecule has 0 aliphatic heterocycles. The highest BCUT2D eigenvalue weighted by atomic mass is 16.5. The van der Waals surface area contributed by atoms with E-state index in [4.69, 9.17) is 9.47 Å². The molecule has 0 saturated carbocycles. The van der Waals surface area contributed by atoms with Crippen molar-refractivity contribution in [2.75, 3.05) is 25.7 Å². The van der Waals surface area contributed by atoms with Crippen LogP contribution in [0.4, 0.5) is 5.69 Å². The third kappa shape index (κ3) is 5.91. The van der Waals surface area contributed by atoms with Gasteiger partial charge in [-0.25, -0.2) is 4.68 Å². The van der Waals surface area contributed by atoms with Gasteiger partial charge in [-0.15, -0.1) is 5.10 Å². The van der Waals surface area contributed by atoms with Crippen LogP contribution >= 0.6 is 0 Å². The van der Waals surface area contributed by atoms with Gasteiger partial charge in [-0.3, -0.25) is 19.5 Å². The number of carbonyl (C=O) groups is 2. The molecule has 2 aromatic carbocycles. The molecular weight excluding hydrogens is 484 g/mol. The van der Waals surface area contributed by atoms with Crippen LogP contribution in [0.1, 0.15) is 31.9 Å². The number of fused-ring (bicyclic) bond motifs is 1. The minimum absolute atomic E-state index is 0.134. The summed E-state index contributed by atoms with van der Waals surface area (Å²) < 4.78 is 12.4. The molecule has 0 aliphatic carbocycles. The molecule has 4 rings (SSSR count). The molecule has 2 aromatic heterocycles. The van der Waals surface area contributed by atoms with Gasteiger partial charge in [0.15, 0.2) is 11.5 Å². The Balaban J connectivity index is 1.79. The Labute approximate surface area is 221 Å². The lowest BCUT2D eigenvalue weighted by Crippen LogP contribution is -2.45. The monoisotopic (exact) mass is 516 g/mol. The van der Waals surface area contributed by atoms with Crippen molar-refractivity contribution in [3.05, 3.63) is 72.6 Å². The number of para-hydroxylation sites is 1. The maximum Gasteiger partial charge on any atom is 0.249 e. The van der Waals surface area contributed by atoms with Crippen molar-refractivity contribution in [1.82, 2.24) is 25.3 Å². The number of benzene rings is 2. The summed E-state index contributed by atoms with van der Waals surface area (Å²) in [6.45, 7) is 4.53. The van der Waals surface area contributed by atoms with Crippen molar-refractivity contribution >= 4 is 28.5 Å². The molecule has 4 aromatic rings. The van der Waals surface area contributed by atoms with Gasteiger partial charge in [0.05, 0.1) is 19.7 Å². The first-order valence-corrected chi connectivity index (χ1v) is 12.4. The summed E-state index contributed by atoms with van der Waals surface area (Å²) >= 11 is 0. The number of carbonyl (C=O) groups excluding carboxylic acids is 2. The lowest BCUT2D eigenvalue weighted by molar-refractivity contribution is -0.127. The molecule has 0 fully saturated rings.